The van der Waals surface area contributed by atoms with Crippen LogP contribution in [0, 0.1) is 12.7 Å². The van der Waals surface area contributed by atoms with Gasteiger partial charge in [-0.3, -0.25) is 4.79 Å². The summed E-state index contributed by atoms with van der Waals surface area (Å²) in [5.41, 5.74) is 1.42. The van der Waals surface area contributed by atoms with Crippen molar-refractivity contribution in [2.45, 2.75) is 6.92 Å². The Morgan fingerprint density at radius 2 is 2.00 bits per heavy atom. The van der Waals surface area contributed by atoms with Crippen LogP contribution in [0.15, 0.2) is 42.5 Å². The molecule has 0 aromatic heterocycles. The van der Waals surface area contributed by atoms with Gasteiger partial charge in [0.25, 0.3) is 5.91 Å². The van der Waals surface area contributed by atoms with Crippen LogP contribution in [0.3, 0.4) is 0 Å². The lowest BCUT2D eigenvalue weighted by atomic mass is 10.2. The van der Waals surface area contributed by atoms with E-state index in [0.717, 1.165) is 11.6 Å². The summed E-state index contributed by atoms with van der Waals surface area (Å²) in [6.45, 7) is 1.32. The first-order chi connectivity index (χ1) is 11.9. The Morgan fingerprint density at radius 1 is 1.24 bits per heavy atom. The van der Waals surface area contributed by atoms with Gasteiger partial charge < -0.3 is 10.1 Å². The number of nitrogens with one attached hydrogen (secondary N) is 1. The zero-order chi connectivity index (χ0) is 18.4. The van der Waals surface area contributed by atoms with Crippen molar-refractivity contribution >= 4 is 46.8 Å². The predicted octanol–water partition coefficient (Wildman–Crippen LogP) is 4.64. The van der Waals surface area contributed by atoms with E-state index in [9.17, 15) is 14.0 Å². The Bertz CT molecular complexity index is 817. The Kier molecular flexibility index (Phi) is 6.56. The van der Waals surface area contributed by atoms with Crippen LogP contribution < -0.4 is 5.32 Å². The molecule has 2 rings (SSSR count). The molecule has 2 aromatic rings. The first-order valence-corrected chi connectivity index (χ1v) is 7.97. The maximum atomic E-state index is 13.6. The normalized spacial score (nSPS) is 10.7. The number of hydrogen-bond acceptors (Lipinski definition) is 3. The van der Waals surface area contributed by atoms with Crippen molar-refractivity contribution in [3.8, 4) is 0 Å². The van der Waals surface area contributed by atoms with Crippen LogP contribution in [0.25, 0.3) is 6.08 Å². The molecule has 4 nitrogen and oxygen atoms in total. The fourth-order valence-corrected chi connectivity index (χ4v) is 2.32. The van der Waals surface area contributed by atoms with Gasteiger partial charge in [0.05, 0.1) is 5.02 Å². The van der Waals surface area contributed by atoms with Gasteiger partial charge in [0.1, 0.15) is 5.82 Å². The van der Waals surface area contributed by atoms with Crippen molar-refractivity contribution in [1.29, 1.82) is 0 Å². The lowest BCUT2D eigenvalue weighted by molar-refractivity contribution is -0.142. The highest BCUT2D eigenvalue weighted by Gasteiger charge is 2.09. The van der Waals surface area contributed by atoms with Crippen molar-refractivity contribution in [2.24, 2.45) is 0 Å². The Hall–Kier alpha value is -2.37. The van der Waals surface area contributed by atoms with Crippen molar-refractivity contribution in [3.05, 3.63) is 69.5 Å². The molecule has 0 aliphatic rings. The van der Waals surface area contributed by atoms with Gasteiger partial charge in [0, 0.05) is 22.3 Å². The monoisotopic (exact) mass is 381 g/mol. The second-order valence-corrected chi connectivity index (χ2v) is 5.93. The van der Waals surface area contributed by atoms with E-state index in [2.05, 4.69) is 5.32 Å². The third kappa shape index (κ3) is 5.59. The number of anilines is 1. The summed E-state index contributed by atoms with van der Waals surface area (Å²) in [4.78, 5) is 23.5. The first-order valence-electron chi connectivity index (χ1n) is 7.21. The summed E-state index contributed by atoms with van der Waals surface area (Å²) in [5, 5.41) is 3.23. The Morgan fingerprint density at radius 3 is 2.72 bits per heavy atom. The number of aryl methyl sites for hydroxylation is 1. The van der Waals surface area contributed by atoms with Gasteiger partial charge in [-0.1, -0.05) is 35.3 Å². The SMILES string of the molecule is Cc1ccc(Cl)cc1NC(=O)COC(=O)/C=C/c1c(F)cccc1Cl. The minimum Gasteiger partial charge on any atom is -0.452 e. The number of carbonyl (C=O) groups excluding carboxylic acids is 2. The number of carbonyl (C=O) groups is 2. The topological polar surface area (TPSA) is 55.4 Å². The summed E-state index contributed by atoms with van der Waals surface area (Å²) in [7, 11) is 0. The van der Waals surface area contributed by atoms with Gasteiger partial charge in [-0.05, 0) is 42.8 Å². The zero-order valence-corrected chi connectivity index (χ0v) is 14.7. The predicted molar refractivity (Wildman–Crippen MR) is 96.2 cm³/mol. The lowest BCUT2D eigenvalue weighted by Crippen LogP contribution is -2.20. The van der Waals surface area contributed by atoms with Crippen LogP contribution in [0.5, 0.6) is 0 Å². The van der Waals surface area contributed by atoms with Gasteiger partial charge in [-0.2, -0.15) is 0 Å². The number of halogens is 3. The highest BCUT2D eigenvalue weighted by Crippen LogP contribution is 2.21. The van der Waals surface area contributed by atoms with Crippen molar-refractivity contribution in [2.75, 3.05) is 11.9 Å². The van der Waals surface area contributed by atoms with Crippen molar-refractivity contribution in [3.63, 3.8) is 0 Å². The summed E-state index contributed by atoms with van der Waals surface area (Å²) in [6, 6.07) is 9.22. The van der Waals surface area contributed by atoms with Gasteiger partial charge in [0.2, 0.25) is 0 Å². The molecule has 0 bridgehead atoms. The first kappa shape index (κ1) is 19.0. The highest BCUT2D eigenvalue weighted by atomic mass is 35.5. The van der Waals surface area contributed by atoms with Crippen LogP contribution in [0.1, 0.15) is 11.1 Å². The van der Waals surface area contributed by atoms with Crippen LogP contribution in [-0.4, -0.2) is 18.5 Å². The van der Waals surface area contributed by atoms with Gasteiger partial charge in [0.15, 0.2) is 6.61 Å². The van der Waals surface area contributed by atoms with Crippen LogP contribution in [0.2, 0.25) is 10.0 Å². The molecular formula is C18H14Cl2FNO3. The molecule has 0 fully saturated rings. The molecule has 25 heavy (non-hydrogen) atoms. The fraction of sp³-hybridized carbons (Fsp3) is 0.111. The Balaban J connectivity index is 1.90. The molecular weight excluding hydrogens is 368 g/mol. The largest absolute Gasteiger partial charge is 0.452 e. The van der Waals surface area contributed by atoms with Gasteiger partial charge in [-0.15, -0.1) is 0 Å². The second-order valence-electron chi connectivity index (χ2n) is 5.08. The number of benzene rings is 2. The minimum atomic E-state index is -0.794. The summed E-state index contributed by atoms with van der Waals surface area (Å²) >= 11 is 11.7. The second kappa shape index (κ2) is 8.65. The molecule has 0 saturated heterocycles. The van der Waals surface area contributed by atoms with E-state index in [1.165, 1.54) is 24.3 Å². The summed E-state index contributed by atoms with van der Waals surface area (Å²) < 4.78 is 18.4. The molecule has 1 amide bonds. The maximum absolute atomic E-state index is 13.6. The minimum absolute atomic E-state index is 0.0696. The standard InChI is InChI=1S/C18H14Cl2FNO3/c1-11-5-6-12(19)9-16(11)22-17(23)10-25-18(24)8-7-13-14(20)3-2-4-15(13)21/h2-9H,10H2,1H3,(H,22,23)/b8-7+. The van der Waals surface area contributed by atoms with Crippen molar-refractivity contribution < 1.29 is 18.7 Å². The van der Waals surface area contributed by atoms with E-state index < -0.39 is 24.3 Å². The van der Waals surface area contributed by atoms with Crippen LogP contribution in [0.4, 0.5) is 10.1 Å². The average Bonchev–Trinajstić information content (AvgIpc) is 2.56. The van der Waals surface area contributed by atoms with Gasteiger partial charge >= 0.3 is 5.97 Å². The fourth-order valence-electron chi connectivity index (χ4n) is 1.92. The number of ether oxygens (including phenoxy) is 1. The molecule has 0 saturated carbocycles. The number of rotatable bonds is 5. The zero-order valence-electron chi connectivity index (χ0n) is 13.2. The number of hydrogen-bond donors (Lipinski definition) is 1. The molecule has 0 unspecified atom stereocenters. The molecule has 130 valence electrons. The van der Waals surface area contributed by atoms with Crippen molar-refractivity contribution in [1.82, 2.24) is 0 Å². The van der Waals surface area contributed by atoms with E-state index in [-0.39, 0.29) is 10.6 Å². The smallest absolute Gasteiger partial charge is 0.331 e. The van der Waals surface area contributed by atoms with E-state index in [0.29, 0.717) is 10.7 Å². The van der Waals surface area contributed by atoms with E-state index >= 15 is 0 Å². The molecule has 7 heteroatoms. The molecule has 0 radical (unpaired) electrons. The maximum Gasteiger partial charge on any atom is 0.331 e. The lowest BCUT2D eigenvalue weighted by Gasteiger charge is -2.08. The van der Waals surface area contributed by atoms with Gasteiger partial charge in [-0.25, -0.2) is 9.18 Å². The molecule has 2 aromatic carbocycles. The average molecular weight is 382 g/mol. The summed E-state index contributed by atoms with van der Waals surface area (Å²) in [5.74, 6) is -1.88. The molecule has 0 aliphatic heterocycles. The molecule has 1 N–H and O–H groups in total. The molecule has 0 heterocycles. The third-order valence-corrected chi connectivity index (χ3v) is 3.77. The summed E-state index contributed by atoms with van der Waals surface area (Å²) in [6.07, 6.45) is 2.20. The van der Waals surface area contributed by atoms with Crippen LogP contribution in [-0.2, 0) is 14.3 Å². The molecule has 0 aliphatic carbocycles. The number of amides is 1. The van der Waals surface area contributed by atoms with E-state index in [4.69, 9.17) is 27.9 Å². The highest BCUT2D eigenvalue weighted by molar-refractivity contribution is 6.32. The van der Waals surface area contributed by atoms with E-state index in [1.54, 1.807) is 25.1 Å². The molecule has 0 spiro atoms. The van der Waals surface area contributed by atoms with E-state index in [1.807, 2.05) is 0 Å². The Labute approximate surface area is 154 Å². The quantitative estimate of drug-likeness (QED) is 0.606. The molecule has 0 atom stereocenters. The third-order valence-electron chi connectivity index (χ3n) is 3.21. The number of esters is 1. The van der Waals surface area contributed by atoms with Crippen LogP contribution >= 0.6 is 23.2 Å².